The van der Waals surface area contributed by atoms with Crippen LogP contribution in [0.25, 0.3) is 10.9 Å². The average molecular weight is 391 g/mol. The van der Waals surface area contributed by atoms with E-state index in [1.165, 1.54) is 22.6 Å². The van der Waals surface area contributed by atoms with E-state index in [-0.39, 0.29) is 18.7 Å². The van der Waals surface area contributed by atoms with Gasteiger partial charge in [-0.3, -0.25) is 14.2 Å². The number of rotatable bonds is 7. The van der Waals surface area contributed by atoms with Gasteiger partial charge in [-0.25, -0.2) is 0 Å². The summed E-state index contributed by atoms with van der Waals surface area (Å²) in [6, 6.07) is 17.4. The molecule has 1 heterocycles. The van der Waals surface area contributed by atoms with Crippen LogP contribution in [0.3, 0.4) is 0 Å². The van der Waals surface area contributed by atoms with Gasteiger partial charge in [0.1, 0.15) is 18.9 Å². The molecule has 1 aromatic heterocycles. The van der Waals surface area contributed by atoms with Crippen LogP contribution in [0.1, 0.15) is 37.3 Å². The number of carbonyl (C=O) groups is 1. The largest absolute Gasteiger partial charge is 0.488 e. The molecule has 5 nitrogen and oxygen atoms in total. The fourth-order valence-electron chi connectivity index (χ4n) is 3.74. The summed E-state index contributed by atoms with van der Waals surface area (Å²) in [4.78, 5) is 24.8. The molecule has 1 unspecified atom stereocenters. The molecule has 1 fully saturated rings. The maximum absolute atomic E-state index is 12.8. The van der Waals surface area contributed by atoms with Crippen molar-refractivity contribution in [3.63, 3.8) is 0 Å². The first-order valence-electron chi connectivity index (χ1n) is 10.1. The molecule has 150 valence electrons. The lowest BCUT2D eigenvalue weighted by Gasteiger charge is -2.15. The summed E-state index contributed by atoms with van der Waals surface area (Å²) in [6.07, 6.45) is 1.17. The summed E-state index contributed by atoms with van der Waals surface area (Å²) >= 11 is 0. The molecule has 2 aromatic carbocycles. The van der Waals surface area contributed by atoms with Crippen LogP contribution in [0, 0.1) is 5.92 Å². The van der Waals surface area contributed by atoms with E-state index in [0.29, 0.717) is 29.7 Å². The number of pyridine rings is 1. The van der Waals surface area contributed by atoms with Crippen LogP contribution in [0.2, 0.25) is 0 Å². The topological polar surface area (TPSA) is 57.5 Å². The molecular weight excluding hydrogens is 366 g/mol. The maximum atomic E-state index is 12.8. The van der Waals surface area contributed by atoms with Gasteiger partial charge in [-0.2, -0.15) is 0 Å². The van der Waals surface area contributed by atoms with Gasteiger partial charge < -0.3 is 9.47 Å². The summed E-state index contributed by atoms with van der Waals surface area (Å²) < 4.78 is 12.5. The van der Waals surface area contributed by atoms with Crippen molar-refractivity contribution in [1.29, 1.82) is 0 Å². The minimum Gasteiger partial charge on any atom is -0.488 e. The van der Waals surface area contributed by atoms with Crippen LogP contribution < -0.4 is 10.3 Å². The average Bonchev–Trinajstić information content (AvgIpc) is 3.46. The zero-order valence-corrected chi connectivity index (χ0v) is 16.8. The maximum Gasteiger partial charge on any atom is 0.326 e. The van der Waals surface area contributed by atoms with E-state index in [4.69, 9.17) is 9.47 Å². The third-order valence-corrected chi connectivity index (χ3v) is 5.46. The van der Waals surface area contributed by atoms with Crippen molar-refractivity contribution in [1.82, 2.24) is 4.57 Å². The van der Waals surface area contributed by atoms with Gasteiger partial charge in [0.05, 0.1) is 12.1 Å². The SMILES string of the molecule is CCOC(=O)Cn1c(=O)cc(OCc2ccccc2)c2cc([C@H]3CC3C)ccc21. The molecule has 0 N–H and O–H groups in total. The highest BCUT2D eigenvalue weighted by Crippen LogP contribution is 2.47. The molecule has 0 radical (unpaired) electrons. The Morgan fingerprint density at radius 2 is 1.90 bits per heavy atom. The van der Waals surface area contributed by atoms with Crippen LogP contribution in [-0.2, 0) is 22.7 Å². The highest BCUT2D eigenvalue weighted by molar-refractivity contribution is 5.87. The summed E-state index contributed by atoms with van der Waals surface area (Å²) in [6.45, 7) is 4.54. The quantitative estimate of drug-likeness (QED) is 0.565. The second-order valence-corrected chi connectivity index (χ2v) is 7.61. The molecule has 0 bridgehead atoms. The Morgan fingerprint density at radius 1 is 1.14 bits per heavy atom. The van der Waals surface area contributed by atoms with E-state index in [2.05, 4.69) is 19.1 Å². The molecule has 29 heavy (non-hydrogen) atoms. The van der Waals surface area contributed by atoms with Gasteiger partial charge in [0.2, 0.25) is 0 Å². The number of benzene rings is 2. The Kier molecular flexibility index (Phi) is 5.38. The molecule has 4 rings (SSSR count). The highest BCUT2D eigenvalue weighted by Gasteiger charge is 2.34. The second-order valence-electron chi connectivity index (χ2n) is 7.61. The predicted octanol–water partition coefficient (Wildman–Crippen LogP) is 4.27. The first kappa shape index (κ1) is 19.2. The molecule has 5 heteroatoms. The first-order chi connectivity index (χ1) is 14.1. The molecule has 3 aromatic rings. The highest BCUT2D eigenvalue weighted by atomic mass is 16.5. The van der Waals surface area contributed by atoms with Gasteiger partial charge in [0, 0.05) is 11.5 Å². The minimum atomic E-state index is -0.422. The lowest BCUT2D eigenvalue weighted by Crippen LogP contribution is -2.25. The van der Waals surface area contributed by atoms with Crippen LogP contribution in [0.5, 0.6) is 5.75 Å². The van der Waals surface area contributed by atoms with Gasteiger partial charge >= 0.3 is 5.97 Å². The molecule has 2 atom stereocenters. The third-order valence-electron chi connectivity index (χ3n) is 5.46. The number of aromatic nitrogens is 1. The van der Waals surface area contributed by atoms with E-state index >= 15 is 0 Å². The van der Waals surface area contributed by atoms with Gasteiger partial charge in [-0.05, 0) is 48.4 Å². The number of hydrogen-bond acceptors (Lipinski definition) is 4. The number of nitrogens with zero attached hydrogens (tertiary/aromatic N) is 1. The molecule has 0 spiro atoms. The number of esters is 1. The Bertz CT molecular complexity index is 1090. The van der Waals surface area contributed by atoms with Crippen molar-refractivity contribution in [2.24, 2.45) is 5.92 Å². The van der Waals surface area contributed by atoms with E-state index in [1.54, 1.807) is 6.92 Å². The summed E-state index contributed by atoms with van der Waals surface area (Å²) in [5, 5.41) is 0.849. The minimum absolute atomic E-state index is 0.110. The van der Waals surface area contributed by atoms with Crippen molar-refractivity contribution in [2.75, 3.05) is 6.61 Å². The lowest BCUT2D eigenvalue weighted by molar-refractivity contribution is -0.143. The molecule has 1 aliphatic rings. The van der Waals surface area contributed by atoms with Gasteiger partial charge in [0.25, 0.3) is 5.56 Å². The van der Waals surface area contributed by atoms with Crippen LogP contribution >= 0.6 is 0 Å². The zero-order valence-electron chi connectivity index (χ0n) is 16.8. The third kappa shape index (κ3) is 4.19. The van der Waals surface area contributed by atoms with Crippen molar-refractivity contribution in [2.45, 2.75) is 39.3 Å². The molecule has 0 saturated heterocycles. The summed E-state index contributed by atoms with van der Waals surface area (Å²) in [5.41, 5.74) is 2.69. The Balaban J connectivity index is 1.74. The van der Waals surface area contributed by atoms with E-state index in [0.717, 1.165) is 10.9 Å². The van der Waals surface area contributed by atoms with Crippen molar-refractivity contribution < 1.29 is 14.3 Å². The Hall–Kier alpha value is -3.08. The lowest BCUT2D eigenvalue weighted by atomic mass is 10.1. The van der Waals surface area contributed by atoms with Crippen molar-refractivity contribution >= 4 is 16.9 Å². The van der Waals surface area contributed by atoms with E-state index in [1.807, 2.05) is 36.4 Å². The fraction of sp³-hybridized carbons (Fsp3) is 0.333. The van der Waals surface area contributed by atoms with Crippen LogP contribution in [0.15, 0.2) is 59.4 Å². The predicted molar refractivity (Wildman–Crippen MR) is 112 cm³/mol. The standard InChI is InChI=1S/C24H25NO4/c1-3-28-24(27)14-25-21-10-9-18(19-11-16(19)2)12-20(21)22(13-23(25)26)29-15-17-7-5-4-6-8-17/h4-10,12-13,16,19H,3,11,14-15H2,1-2H3/t16?,19-/m0/s1. The van der Waals surface area contributed by atoms with Crippen LogP contribution in [0.4, 0.5) is 0 Å². The van der Waals surface area contributed by atoms with E-state index < -0.39 is 5.97 Å². The monoisotopic (exact) mass is 391 g/mol. The van der Waals surface area contributed by atoms with Gasteiger partial charge in [-0.15, -0.1) is 0 Å². The molecule has 1 saturated carbocycles. The molecule has 1 aliphatic carbocycles. The summed E-state index contributed by atoms with van der Waals surface area (Å²) in [5.74, 6) is 1.34. The smallest absolute Gasteiger partial charge is 0.326 e. The molecule has 0 aliphatic heterocycles. The Morgan fingerprint density at radius 3 is 2.59 bits per heavy atom. The normalized spacial score (nSPS) is 17.9. The second kappa shape index (κ2) is 8.11. The number of fused-ring (bicyclic) bond motifs is 1. The van der Waals surface area contributed by atoms with E-state index in [9.17, 15) is 9.59 Å². The van der Waals surface area contributed by atoms with Crippen molar-refractivity contribution in [3.8, 4) is 5.75 Å². The molecular formula is C24H25NO4. The first-order valence-corrected chi connectivity index (χ1v) is 10.1. The van der Waals surface area contributed by atoms with Gasteiger partial charge in [-0.1, -0.05) is 43.3 Å². The van der Waals surface area contributed by atoms with Crippen LogP contribution in [-0.4, -0.2) is 17.1 Å². The number of hydrogen-bond donors (Lipinski definition) is 0. The fourth-order valence-corrected chi connectivity index (χ4v) is 3.74. The molecule has 0 amide bonds. The number of ether oxygens (including phenoxy) is 2. The van der Waals surface area contributed by atoms with Crippen molar-refractivity contribution in [3.05, 3.63) is 76.1 Å². The summed E-state index contributed by atoms with van der Waals surface area (Å²) in [7, 11) is 0. The Labute approximate surface area is 169 Å². The number of carbonyl (C=O) groups excluding carboxylic acids is 1. The van der Waals surface area contributed by atoms with Gasteiger partial charge in [0.15, 0.2) is 0 Å². The zero-order chi connectivity index (χ0) is 20.4.